The first-order chi connectivity index (χ1) is 15.8. The number of carbonyl (C=O) groups is 1. The summed E-state index contributed by atoms with van der Waals surface area (Å²) in [7, 11) is 1.28. The summed E-state index contributed by atoms with van der Waals surface area (Å²) in [5, 5.41) is 8.71. The Morgan fingerprint density at radius 2 is 1.91 bits per heavy atom. The van der Waals surface area contributed by atoms with E-state index in [-0.39, 0.29) is 16.8 Å². The summed E-state index contributed by atoms with van der Waals surface area (Å²) in [6.45, 7) is 1.55. The fourth-order valence-corrected chi connectivity index (χ4v) is 3.59. The number of halogens is 7. The van der Waals surface area contributed by atoms with Gasteiger partial charge in [0, 0.05) is 22.6 Å². The second-order valence-corrected chi connectivity index (χ2v) is 7.71. The number of alkyl halides is 6. The minimum Gasteiger partial charge on any atom is -0.398 e. The largest absolute Gasteiger partial charge is 0.435 e. The molecule has 34 heavy (non-hydrogen) atoms. The number of hydrogen-bond acceptors (Lipinski definition) is 5. The van der Waals surface area contributed by atoms with E-state index in [0.29, 0.717) is 17.7 Å². The third-order valence-corrected chi connectivity index (χ3v) is 5.25. The Bertz CT molecular complexity index is 1160. The van der Waals surface area contributed by atoms with Crippen LogP contribution in [0.25, 0.3) is 0 Å². The van der Waals surface area contributed by atoms with Gasteiger partial charge in [0.05, 0.1) is 11.3 Å². The summed E-state index contributed by atoms with van der Waals surface area (Å²) in [5.41, 5.74) is -4.71. The second-order valence-electron chi connectivity index (χ2n) is 7.28. The van der Waals surface area contributed by atoms with Gasteiger partial charge >= 0.3 is 12.4 Å². The molecule has 3 rings (SSSR count). The molecule has 1 aliphatic heterocycles. The van der Waals surface area contributed by atoms with Crippen molar-refractivity contribution < 1.29 is 40.8 Å². The van der Waals surface area contributed by atoms with Crippen molar-refractivity contribution in [3.63, 3.8) is 0 Å². The predicted octanol–water partition coefficient (Wildman–Crippen LogP) is 5.57. The third kappa shape index (κ3) is 4.96. The van der Waals surface area contributed by atoms with Gasteiger partial charge in [0.25, 0.3) is 11.5 Å². The Kier molecular flexibility index (Phi) is 6.83. The minimum absolute atomic E-state index is 0.165. The van der Waals surface area contributed by atoms with Crippen LogP contribution in [-0.2, 0) is 21.5 Å². The summed E-state index contributed by atoms with van der Waals surface area (Å²) in [6.07, 6.45) is -9.93. The molecule has 0 fully saturated rings. The van der Waals surface area contributed by atoms with Crippen LogP contribution in [0, 0.1) is 6.92 Å². The molecule has 1 unspecified atom stereocenters. The van der Waals surface area contributed by atoms with E-state index in [4.69, 9.17) is 16.4 Å². The highest BCUT2D eigenvalue weighted by Crippen LogP contribution is 2.50. The van der Waals surface area contributed by atoms with E-state index in [2.05, 4.69) is 20.5 Å². The van der Waals surface area contributed by atoms with Crippen molar-refractivity contribution in [1.82, 2.24) is 5.32 Å². The molecule has 0 radical (unpaired) electrons. The van der Waals surface area contributed by atoms with Gasteiger partial charge in [0.2, 0.25) is 0 Å². The molecule has 13 heteroatoms. The first-order valence-electron chi connectivity index (χ1n) is 9.45. The maximum Gasteiger partial charge on any atom is 0.435 e. The lowest BCUT2D eigenvalue weighted by Gasteiger charge is -2.30. The lowest BCUT2D eigenvalue weighted by atomic mass is 9.85. The number of benzene rings is 2. The summed E-state index contributed by atoms with van der Waals surface area (Å²) in [6, 6.07) is 5.76. The van der Waals surface area contributed by atoms with E-state index in [0.717, 1.165) is 12.4 Å². The van der Waals surface area contributed by atoms with Gasteiger partial charge in [-0.2, -0.15) is 26.3 Å². The van der Waals surface area contributed by atoms with Gasteiger partial charge in [-0.25, -0.2) is 0 Å². The molecular weight excluding hydrogens is 492 g/mol. The topological polar surface area (TPSA) is 72.3 Å². The molecule has 1 N–H and O–H groups in total. The maximum atomic E-state index is 14.1. The van der Waals surface area contributed by atoms with Crippen LogP contribution in [-0.4, -0.2) is 31.2 Å². The van der Waals surface area contributed by atoms with E-state index in [1.165, 1.54) is 25.3 Å². The highest BCUT2D eigenvalue weighted by atomic mass is 35.5. The van der Waals surface area contributed by atoms with Crippen molar-refractivity contribution in [3.05, 3.63) is 69.2 Å². The molecule has 2 aromatic carbocycles. The maximum absolute atomic E-state index is 14.1. The number of hydrogen-bond donors (Lipinski definition) is 1. The van der Waals surface area contributed by atoms with E-state index in [1.54, 1.807) is 6.92 Å². The average molecular weight is 508 g/mol. The number of nitrogens with one attached hydrogen (secondary N) is 1. The van der Waals surface area contributed by atoms with Crippen LogP contribution in [0.2, 0.25) is 5.02 Å². The van der Waals surface area contributed by atoms with Crippen LogP contribution in [0.1, 0.15) is 39.0 Å². The Balaban J connectivity index is 1.96. The zero-order chi connectivity index (χ0) is 25.3. The first kappa shape index (κ1) is 25.3. The van der Waals surface area contributed by atoms with Crippen LogP contribution in [0.3, 0.4) is 0 Å². The molecule has 0 saturated carbocycles. The van der Waals surface area contributed by atoms with Crippen LogP contribution >= 0.6 is 11.6 Å². The van der Waals surface area contributed by atoms with Crippen LogP contribution in [0.5, 0.6) is 0 Å². The fraction of sp³-hybridized carbons (Fsp3) is 0.286. The predicted molar refractivity (Wildman–Crippen MR) is 111 cm³/mol. The average Bonchev–Trinajstić information content (AvgIpc) is 3.20. The summed E-state index contributed by atoms with van der Waals surface area (Å²) in [5.74, 6) is -0.544. The second kappa shape index (κ2) is 9.16. The van der Waals surface area contributed by atoms with E-state index >= 15 is 0 Å². The Hall–Kier alpha value is -3.28. The Morgan fingerprint density at radius 1 is 1.21 bits per heavy atom. The number of aryl methyl sites for hydroxylation is 1. The molecule has 0 saturated heterocycles. The van der Waals surface area contributed by atoms with E-state index < -0.39 is 46.4 Å². The van der Waals surface area contributed by atoms with Gasteiger partial charge in [-0.15, -0.1) is 0 Å². The van der Waals surface area contributed by atoms with Crippen molar-refractivity contribution in [3.8, 4) is 0 Å². The van der Waals surface area contributed by atoms with Crippen molar-refractivity contribution >= 4 is 29.6 Å². The van der Waals surface area contributed by atoms with Crippen molar-refractivity contribution in [2.24, 2.45) is 10.3 Å². The number of amides is 1. The van der Waals surface area contributed by atoms with Gasteiger partial charge in [-0.1, -0.05) is 28.0 Å². The van der Waals surface area contributed by atoms with E-state index in [1.807, 2.05) is 0 Å². The molecular formula is C21H16ClF6N3O3. The summed E-state index contributed by atoms with van der Waals surface area (Å²) < 4.78 is 82.0. The highest BCUT2D eigenvalue weighted by molar-refractivity contribution is 6.30. The van der Waals surface area contributed by atoms with Gasteiger partial charge in [0.15, 0.2) is 0 Å². The number of oxime groups is 2. The van der Waals surface area contributed by atoms with Crippen molar-refractivity contribution in [1.29, 1.82) is 0 Å². The van der Waals surface area contributed by atoms with Gasteiger partial charge in [0.1, 0.15) is 13.4 Å². The van der Waals surface area contributed by atoms with Gasteiger partial charge in [-0.3, -0.25) is 4.79 Å². The zero-order valence-corrected chi connectivity index (χ0v) is 18.3. The first-order valence-corrected chi connectivity index (χ1v) is 9.83. The number of carbonyl (C=O) groups excluding carboxylic acids is 1. The lowest BCUT2D eigenvalue weighted by molar-refractivity contribution is -0.276. The molecule has 182 valence electrons. The monoisotopic (exact) mass is 507 g/mol. The molecule has 1 aliphatic rings. The molecule has 1 amide bonds. The molecule has 0 aromatic heterocycles. The summed E-state index contributed by atoms with van der Waals surface area (Å²) >= 11 is 5.70. The molecule has 0 aliphatic carbocycles. The highest BCUT2D eigenvalue weighted by Gasteiger charge is 2.62. The lowest BCUT2D eigenvalue weighted by Crippen LogP contribution is -2.43. The molecule has 0 bridgehead atoms. The minimum atomic E-state index is -5.12. The number of nitrogens with zero attached hydrogens (tertiary/aromatic N) is 2. The van der Waals surface area contributed by atoms with Crippen molar-refractivity contribution in [2.75, 3.05) is 7.11 Å². The van der Waals surface area contributed by atoms with Crippen LogP contribution in [0.15, 0.2) is 46.7 Å². The standard InChI is InChI=1S/C21H16ClF6N3O3/c1-11-5-12(3-4-16(11)18(32)29-10-30-33-2)17-9-19(34-31-17,21(26,27)28)13-6-14(20(23,24)25)8-15(22)7-13/h3-8,10H,9H2,1-2H3,(H,29,30,32). The normalized spacial score (nSPS) is 18.6. The van der Waals surface area contributed by atoms with E-state index in [9.17, 15) is 31.1 Å². The van der Waals surface area contributed by atoms with Crippen molar-refractivity contribution in [2.45, 2.75) is 31.3 Å². The molecule has 6 nitrogen and oxygen atoms in total. The molecule has 1 heterocycles. The zero-order valence-electron chi connectivity index (χ0n) is 17.5. The smallest absolute Gasteiger partial charge is 0.398 e. The third-order valence-electron chi connectivity index (χ3n) is 5.04. The van der Waals surface area contributed by atoms with Gasteiger partial charge in [-0.05, 0) is 48.4 Å². The quantitative estimate of drug-likeness (QED) is 0.249. The number of rotatable bonds is 5. The Labute approximate surface area is 194 Å². The Morgan fingerprint density at radius 3 is 2.50 bits per heavy atom. The fourth-order valence-electron chi connectivity index (χ4n) is 3.36. The van der Waals surface area contributed by atoms with Crippen LogP contribution in [0.4, 0.5) is 26.3 Å². The van der Waals surface area contributed by atoms with Gasteiger partial charge < -0.3 is 15.0 Å². The molecule has 0 spiro atoms. The summed E-state index contributed by atoms with van der Waals surface area (Å²) in [4.78, 5) is 21.4. The van der Waals surface area contributed by atoms with Crippen LogP contribution < -0.4 is 5.32 Å². The molecule has 1 atom stereocenters. The SMILES string of the molecule is CON=CNC(=O)c1ccc(C2=NOC(c3cc(Cl)cc(C(F)(F)F)c3)(C(F)(F)F)C2)cc1C. The molecule has 2 aromatic rings.